The summed E-state index contributed by atoms with van der Waals surface area (Å²) < 4.78 is 28.7. The highest BCUT2D eigenvalue weighted by molar-refractivity contribution is 9.10. The number of benzene rings is 3. The van der Waals surface area contributed by atoms with Crippen LogP contribution in [-0.4, -0.2) is 34.0 Å². The smallest absolute Gasteiger partial charge is 0.264 e. The Morgan fingerprint density at radius 2 is 1.52 bits per heavy atom. The molecule has 3 aromatic carbocycles. The molecule has 1 heterocycles. The minimum absolute atomic E-state index is 0.131. The maximum atomic E-state index is 13.4. The van der Waals surface area contributed by atoms with Crippen LogP contribution in [0.15, 0.2) is 88.2 Å². The van der Waals surface area contributed by atoms with E-state index >= 15 is 0 Å². The summed E-state index contributed by atoms with van der Waals surface area (Å²) in [6.07, 6.45) is 3.66. The molecule has 3 aromatic rings. The number of rotatable bonds is 7. The van der Waals surface area contributed by atoms with Crippen molar-refractivity contribution in [1.29, 1.82) is 0 Å². The SMILES string of the molecule is O=C(CN(c1ccc(Br)cc1)S(=O)(=O)c1ccccc1)Nc1ccc(N2CCCCC2)cc1. The van der Waals surface area contributed by atoms with Crippen molar-refractivity contribution in [3.8, 4) is 0 Å². The number of hydrogen-bond donors (Lipinski definition) is 1. The molecule has 1 aliphatic heterocycles. The van der Waals surface area contributed by atoms with E-state index in [2.05, 4.69) is 26.1 Å². The Kier molecular flexibility index (Phi) is 7.35. The van der Waals surface area contributed by atoms with Gasteiger partial charge in [-0.25, -0.2) is 8.42 Å². The van der Waals surface area contributed by atoms with E-state index in [1.54, 1.807) is 42.5 Å². The molecule has 1 saturated heterocycles. The van der Waals surface area contributed by atoms with Gasteiger partial charge in [0.15, 0.2) is 0 Å². The van der Waals surface area contributed by atoms with E-state index in [1.807, 2.05) is 24.3 Å². The van der Waals surface area contributed by atoms with Crippen LogP contribution < -0.4 is 14.5 Å². The van der Waals surface area contributed by atoms with Gasteiger partial charge in [0.1, 0.15) is 6.54 Å². The zero-order valence-electron chi connectivity index (χ0n) is 18.2. The highest BCUT2D eigenvalue weighted by Crippen LogP contribution is 2.26. The number of halogens is 1. The van der Waals surface area contributed by atoms with Gasteiger partial charge in [0.05, 0.1) is 10.6 Å². The van der Waals surface area contributed by atoms with E-state index in [0.29, 0.717) is 11.4 Å². The molecule has 1 N–H and O–H groups in total. The van der Waals surface area contributed by atoms with Crippen LogP contribution in [0.2, 0.25) is 0 Å². The van der Waals surface area contributed by atoms with Gasteiger partial charge in [0.25, 0.3) is 10.0 Å². The first-order chi connectivity index (χ1) is 15.9. The van der Waals surface area contributed by atoms with Gasteiger partial charge in [-0.2, -0.15) is 0 Å². The van der Waals surface area contributed by atoms with Crippen LogP contribution in [0.4, 0.5) is 17.1 Å². The molecule has 1 aliphatic rings. The molecule has 0 atom stereocenters. The second-order valence-corrected chi connectivity index (χ2v) is 10.7. The second kappa shape index (κ2) is 10.4. The maximum absolute atomic E-state index is 13.4. The van der Waals surface area contributed by atoms with Gasteiger partial charge in [-0.15, -0.1) is 0 Å². The first-order valence-electron chi connectivity index (χ1n) is 10.9. The van der Waals surface area contributed by atoms with Crippen molar-refractivity contribution in [1.82, 2.24) is 0 Å². The third-order valence-electron chi connectivity index (χ3n) is 5.61. The second-order valence-electron chi connectivity index (χ2n) is 7.94. The largest absolute Gasteiger partial charge is 0.372 e. The van der Waals surface area contributed by atoms with Crippen LogP contribution in [0.5, 0.6) is 0 Å². The number of piperidine rings is 1. The highest BCUT2D eigenvalue weighted by atomic mass is 79.9. The average molecular weight is 528 g/mol. The van der Waals surface area contributed by atoms with Crippen LogP contribution in [-0.2, 0) is 14.8 Å². The Bertz CT molecular complexity index is 1180. The van der Waals surface area contributed by atoms with Crippen LogP contribution in [0.1, 0.15) is 19.3 Å². The topological polar surface area (TPSA) is 69.7 Å². The lowest BCUT2D eigenvalue weighted by Crippen LogP contribution is -2.38. The molecular weight excluding hydrogens is 502 g/mol. The molecule has 4 rings (SSSR count). The van der Waals surface area contributed by atoms with Crippen molar-refractivity contribution in [3.63, 3.8) is 0 Å². The van der Waals surface area contributed by atoms with Crippen LogP contribution in [0, 0.1) is 0 Å². The van der Waals surface area contributed by atoms with Crippen molar-refractivity contribution in [3.05, 3.63) is 83.3 Å². The molecule has 0 bridgehead atoms. The molecule has 1 amide bonds. The Hall–Kier alpha value is -2.84. The predicted octanol–water partition coefficient (Wildman–Crippen LogP) is 5.27. The monoisotopic (exact) mass is 527 g/mol. The van der Waals surface area contributed by atoms with Crippen molar-refractivity contribution in [2.75, 3.05) is 34.2 Å². The van der Waals surface area contributed by atoms with E-state index in [-0.39, 0.29) is 11.4 Å². The summed E-state index contributed by atoms with van der Waals surface area (Å²) in [6, 6.07) is 22.7. The molecule has 6 nitrogen and oxygen atoms in total. The molecule has 0 aromatic heterocycles. The molecule has 0 spiro atoms. The normalized spacial score (nSPS) is 14.0. The molecule has 0 radical (unpaired) electrons. The first kappa shape index (κ1) is 23.3. The fourth-order valence-corrected chi connectivity index (χ4v) is 5.59. The van der Waals surface area contributed by atoms with Crippen LogP contribution in [0.25, 0.3) is 0 Å². The molecule has 8 heteroatoms. The number of nitrogens with zero attached hydrogens (tertiary/aromatic N) is 2. The number of carbonyl (C=O) groups excluding carboxylic acids is 1. The molecule has 0 saturated carbocycles. The highest BCUT2D eigenvalue weighted by Gasteiger charge is 2.27. The summed E-state index contributed by atoms with van der Waals surface area (Å²) in [5.74, 6) is -0.414. The number of hydrogen-bond acceptors (Lipinski definition) is 4. The summed E-state index contributed by atoms with van der Waals surface area (Å²) in [4.78, 5) is 15.4. The summed E-state index contributed by atoms with van der Waals surface area (Å²) in [5.41, 5.74) is 2.18. The summed E-state index contributed by atoms with van der Waals surface area (Å²) in [7, 11) is -3.93. The van der Waals surface area contributed by atoms with Gasteiger partial charge in [0.2, 0.25) is 5.91 Å². The van der Waals surface area contributed by atoms with Gasteiger partial charge in [-0.3, -0.25) is 9.10 Å². The molecule has 0 unspecified atom stereocenters. The fourth-order valence-electron chi connectivity index (χ4n) is 3.88. The summed E-state index contributed by atoms with van der Waals surface area (Å²) in [5, 5.41) is 2.83. The van der Waals surface area contributed by atoms with Crippen molar-refractivity contribution in [2.45, 2.75) is 24.2 Å². The van der Waals surface area contributed by atoms with Gasteiger partial charge in [-0.05, 0) is 79.9 Å². The van der Waals surface area contributed by atoms with E-state index in [0.717, 1.165) is 27.6 Å². The van der Waals surface area contributed by atoms with Crippen LogP contribution in [0.3, 0.4) is 0 Å². The predicted molar refractivity (Wildman–Crippen MR) is 136 cm³/mol. The van der Waals surface area contributed by atoms with Gasteiger partial charge < -0.3 is 10.2 Å². The van der Waals surface area contributed by atoms with Gasteiger partial charge in [-0.1, -0.05) is 34.1 Å². The van der Waals surface area contributed by atoms with Crippen molar-refractivity contribution >= 4 is 48.9 Å². The van der Waals surface area contributed by atoms with E-state index in [1.165, 1.54) is 31.4 Å². The summed E-state index contributed by atoms with van der Waals surface area (Å²) in [6.45, 7) is 1.75. The number of anilines is 3. The van der Waals surface area contributed by atoms with Crippen LogP contribution >= 0.6 is 15.9 Å². The standard InChI is InChI=1S/C25H26BrN3O3S/c26-20-9-13-23(14-10-20)29(33(31,32)24-7-3-1-4-8-24)19-25(30)27-21-11-15-22(16-12-21)28-17-5-2-6-18-28/h1,3-4,7-16H,2,5-6,17-19H2,(H,27,30). The Morgan fingerprint density at radius 3 is 2.15 bits per heavy atom. The zero-order valence-corrected chi connectivity index (χ0v) is 20.6. The third kappa shape index (κ3) is 5.75. The quantitative estimate of drug-likeness (QED) is 0.454. The number of carbonyl (C=O) groups is 1. The minimum atomic E-state index is -3.93. The Balaban J connectivity index is 1.52. The molecule has 1 fully saturated rings. The minimum Gasteiger partial charge on any atom is -0.372 e. The lowest BCUT2D eigenvalue weighted by atomic mass is 10.1. The number of amides is 1. The lowest BCUT2D eigenvalue weighted by molar-refractivity contribution is -0.114. The van der Waals surface area contributed by atoms with Gasteiger partial charge in [0, 0.05) is 28.9 Å². The van der Waals surface area contributed by atoms with Crippen molar-refractivity contribution in [2.24, 2.45) is 0 Å². The summed E-state index contributed by atoms with van der Waals surface area (Å²) >= 11 is 3.37. The molecule has 0 aliphatic carbocycles. The molecule has 33 heavy (non-hydrogen) atoms. The third-order valence-corrected chi connectivity index (χ3v) is 7.92. The Morgan fingerprint density at radius 1 is 0.879 bits per heavy atom. The lowest BCUT2D eigenvalue weighted by Gasteiger charge is -2.29. The molecular formula is C25H26BrN3O3S. The van der Waals surface area contributed by atoms with Gasteiger partial charge >= 0.3 is 0 Å². The zero-order chi connectivity index (χ0) is 23.3. The number of nitrogens with one attached hydrogen (secondary N) is 1. The fraction of sp³-hybridized carbons (Fsp3) is 0.240. The van der Waals surface area contributed by atoms with E-state index in [4.69, 9.17) is 0 Å². The average Bonchev–Trinajstić information content (AvgIpc) is 2.85. The maximum Gasteiger partial charge on any atom is 0.264 e. The molecule has 172 valence electrons. The van der Waals surface area contributed by atoms with E-state index in [9.17, 15) is 13.2 Å². The van der Waals surface area contributed by atoms with E-state index < -0.39 is 15.9 Å². The number of sulfonamides is 1. The Labute approximate surface area is 203 Å². The first-order valence-corrected chi connectivity index (χ1v) is 13.1. The van der Waals surface area contributed by atoms with Crippen molar-refractivity contribution < 1.29 is 13.2 Å².